The van der Waals surface area contributed by atoms with Gasteiger partial charge in [0, 0.05) is 39.5 Å². The van der Waals surface area contributed by atoms with Crippen LogP contribution in [0.5, 0.6) is 11.5 Å². The maximum atomic E-state index is 12.4. The molecule has 2 N–H and O–H groups in total. The van der Waals surface area contributed by atoms with Crippen LogP contribution in [0.3, 0.4) is 0 Å². The van der Waals surface area contributed by atoms with Gasteiger partial charge >= 0.3 is 6.03 Å². The molecule has 3 aromatic carbocycles. The fourth-order valence-corrected chi connectivity index (χ4v) is 3.42. The molecule has 0 bridgehead atoms. The van der Waals surface area contributed by atoms with Crippen LogP contribution in [0.4, 0.5) is 16.2 Å². The highest BCUT2D eigenvalue weighted by Crippen LogP contribution is 2.32. The second-order valence-electron chi connectivity index (χ2n) is 6.76. The standard InChI is InChI=1S/C24H20ClN3O3/c1-30-19-8-4-7-17(12-19)26-24(29)27-18-9-10-21-20(13-18)23(31-2)14-22(28-21)15-5-3-6-16(25)11-15/h3-14H,1-2H3,(H2,26,27,29). The highest BCUT2D eigenvalue weighted by atomic mass is 35.5. The topological polar surface area (TPSA) is 72.5 Å². The first-order valence-corrected chi connectivity index (χ1v) is 9.90. The Balaban J connectivity index is 1.60. The van der Waals surface area contributed by atoms with Crippen molar-refractivity contribution in [1.82, 2.24) is 4.98 Å². The zero-order valence-electron chi connectivity index (χ0n) is 17.0. The summed E-state index contributed by atoms with van der Waals surface area (Å²) in [7, 11) is 3.18. The maximum Gasteiger partial charge on any atom is 0.323 e. The average Bonchev–Trinajstić information content (AvgIpc) is 2.78. The maximum absolute atomic E-state index is 12.4. The zero-order valence-corrected chi connectivity index (χ0v) is 17.7. The van der Waals surface area contributed by atoms with Crippen LogP contribution in [-0.4, -0.2) is 25.2 Å². The molecule has 4 aromatic rings. The third-order valence-corrected chi connectivity index (χ3v) is 4.93. The number of benzene rings is 3. The molecular formula is C24H20ClN3O3. The normalized spacial score (nSPS) is 10.5. The zero-order chi connectivity index (χ0) is 21.8. The van der Waals surface area contributed by atoms with Gasteiger partial charge in [0.1, 0.15) is 11.5 Å². The van der Waals surface area contributed by atoms with Gasteiger partial charge in [-0.1, -0.05) is 29.8 Å². The van der Waals surface area contributed by atoms with E-state index in [4.69, 9.17) is 26.1 Å². The molecule has 0 saturated carbocycles. The van der Waals surface area contributed by atoms with Crippen molar-refractivity contribution in [1.29, 1.82) is 0 Å². The minimum absolute atomic E-state index is 0.366. The molecule has 0 radical (unpaired) electrons. The number of rotatable bonds is 5. The van der Waals surface area contributed by atoms with E-state index in [9.17, 15) is 4.79 Å². The Morgan fingerprint density at radius 3 is 2.39 bits per heavy atom. The lowest BCUT2D eigenvalue weighted by Crippen LogP contribution is -2.19. The second-order valence-corrected chi connectivity index (χ2v) is 7.20. The molecule has 0 fully saturated rings. The number of fused-ring (bicyclic) bond motifs is 1. The van der Waals surface area contributed by atoms with Crippen molar-refractivity contribution < 1.29 is 14.3 Å². The molecule has 156 valence electrons. The summed E-state index contributed by atoms with van der Waals surface area (Å²) in [6.45, 7) is 0. The predicted molar refractivity (Wildman–Crippen MR) is 124 cm³/mol. The lowest BCUT2D eigenvalue weighted by atomic mass is 10.1. The van der Waals surface area contributed by atoms with Crippen LogP contribution >= 0.6 is 11.6 Å². The highest BCUT2D eigenvalue weighted by Gasteiger charge is 2.11. The number of pyridine rings is 1. The van der Waals surface area contributed by atoms with Gasteiger partial charge in [-0.2, -0.15) is 0 Å². The summed E-state index contributed by atoms with van der Waals surface area (Å²) >= 11 is 6.12. The number of halogens is 1. The van der Waals surface area contributed by atoms with Gasteiger partial charge in [0.05, 0.1) is 25.4 Å². The summed E-state index contributed by atoms with van der Waals surface area (Å²) in [5, 5.41) is 7.05. The molecule has 4 rings (SSSR count). The van der Waals surface area contributed by atoms with E-state index in [1.807, 2.05) is 48.5 Å². The van der Waals surface area contributed by atoms with Gasteiger partial charge in [-0.05, 0) is 42.5 Å². The smallest absolute Gasteiger partial charge is 0.323 e. The fourth-order valence-electron chi connectivity index (χ4n) is 3.23. The van der Waals surface area contributed by atoms with Crippen LogP contribution in [0.15, 0.2) is 72.8 Å². The number of amides is 2. The Hall–Kier alpha value is -3.77. The average molecular weight is 434 g/mol. The van der Waals surface area contributed by atoms with E-state index in [0.717, 1.165) is 22.2 Å². The number of nitrogens with zero attached hydrogens (tertiary/aromatic N) is 1. The summed E-state index contributed by atoms with van der Waals surface area (Å²) in [4.78, 5) is 17.1. The molecule has 31 heavy (non-hydrogen) atoms. The van der Waals surface area contributed by atoms with Crippen molar-refractivity contribution in [3.63, 3.8) is 0 Å². The molecule has 0 aliphatic carbocycles. The van der Waals surface area contributed by atoms with E-state index in [0.29, 0.717) is 27.9 Å². The highest BCUT2D eigenvalue weighted by molar-refractivity contribution is 6.30. The number of methoxy groups -OCH3 is 2. The third kappa shape index (κ3) is 4.70. The number of anilines is 2. The molecule has 1 heterocycles. The molecule has 7 heteroatoms. The van der Waals surface area contributed by atoms with Crippen LogP contribution in [-0.2, 0) is 0 Å². The molecule has 0 atom stereocenters. The Bertz CT molecular complexity index is 1260. The monoisotopic (exact) mass is 433 g/mol. The molecular weight excluding hydrogens is 414 g/mol. The Labute approximate surface area is 184 Å². The van der Waals surface area contributed by atoms with E-state index in [2.05, 4.69) is 10.6 Å². The molecule has 0 unspecified atom stereocenters. The van der Waals surface area contributed by atoms with Gasteiger partial charge in [0.25, 0.3) is 0 Å². The Morgan fingerprint density at radius 2 is 1.65 bits per heavy atom. The van der Waals surface area contributed by atoms with Crippen molar-refractivity contribution in [3.8, 4) is 22.8 Å². The fraction of sp³-hybridized carbons (Fsp3) is 0.0833. The van der Waals surface area contributed by atoms with Gasteiger partial charge in [-0.3, -0.25) is 0 Å². The molecule has 6 nitrogen and oxygen atoms in total. The first-order valence-electron chi connectivity index (χ1n) is 9.52. The van der Waals surface area contributed by atoms with Crippen molar-refractivity contribution in [2.24, 2.45) is 0 Å². The second kappa shape index (κ2) is 8.93. The molecule has 0 aliphatic heterocycles. The van der Waals surface area contributed by atoms with Crippen LogP contribution in [0.2, 0.25) is 5.02 Å². The molecule has 0 saturated heterocycles. The molecule has 0 spiro atoms. The van der Waals surface area contributed by atoms with Crippen LogP contribution in [0, 0.1) is 0 Å². The summed E-state index contributed by atoms with van der Waals surface area (Å²) in [6.07, 6.45) is 0. The van der Waals surface area contributed by atoms with Crippen molar-refractivity contribution in [2.75, 3.05) is 24.9 Å². The number of nitrogens with one attached hydrogen (secondary N) is 2. The number of carbonyl (C=O) groups excluding carboxylic acids is 1. The molecule has 1 aromatic heterocycles. The van der Waals surface area contributed by atoms with Crippen LogP contribution in [0.25, 0.3) is 22.2 Å². The first kappa shape index (κ1) is 20.5. The van der Waals surface area contributed by atoms with E-state index in [1.54, 1.807) is 38.5 Å². The van der Waals surface area contributed by atoms with Gasteiger partial charge in [-0.25, -0.2) is 9.78 Å². The first-order chi connectivity index (χ1) is 15.1. The van der Waals surface area contributed by atoms with Crippen molar-refractivity contribution in [3.05, 3.63) is 77.8 Å². The molecule has 0 aliphatic rings. The summed E-state index contributed by atoms with van der Waals surface area (Å²) in [5.74, 6) is 1.31. The lowest BCUT2D eigenvalue weighted by molar-refractivity contribution is 0.262. The number of hydrogen-bond acceptors (Lipinski definition) is 4. The number of ether oxygens (including phenoxy) is 2. The number of hydrogen-bond donors (Lipinski definition) is 2. The van der Waals surface area contributed by atoms with Gasteiger partial charge in [-0.15, -0.1) is 0 Å². The SMILES string of the molecule is COc1cccc(NC(=O)Nc2ccc3nc(-c4cccc(Cl)c4)cc(OC)c3c2)c1. The summed E-state index contributed by atoms with van der Waals surface area (Å²) < 4.78 is 10.8. The number of urea groups is 1. The molecule has 2 amide bonds. The van der Waals surface area contributed by atoms with E-state index in [-0.39, 0.29) is 6.03 Å². The largest absolute Gasteiger partial charge is 0.497 e. The quantitative estimate of drug-likeness (QED) is 0.392. The van der Waals surface area contributed by atoms with E-state index < -0.39 is 0 Å². The lowest BCUT2D eigenvalue weighted by Gasteiger charge is -2.12. The Kier molecular flexibility index (Phi) is 5.91. The Morgan fingerprint density at radius 1 is 0.871 bits per heavy atom. The van der Waals surface area contributed by atoms with Gasteiger partial charge < -0.3 is 20.1 Å². The van der Waals surface area contributed by atoms with Gasteiger partial charge in [0.15, 0.2) is 0 Å². The number of carbonyl (C=O) groups is 1. The summed E-state index contributed by atoms with van der Waals surface area (Å²) in [6, 6.07) is 21.6. The third-order valence-electron chi connectivity index (χ3n) is 4.70. The van der Waals surface area contributed by atoms with Crippen LogP contribution < -0.4 is 20.1 Å². The van der Waals surface area contributed by atoms with E-state index >= 15 is 0 Å². The van der Waals surface area contributed by atoms with Crippen LogP contribution in [0.1, 0.15) is 0 Å². The predicted octanol–water partition coefficient (Wildman–Crippen LogP) is 6.22. The number of aromatic nitrogens is 1. The minimum atomic E-state index is -0.366. The summed E-state index contributed by atoms with van der Waals surface area (Å²) in [5.41, 5.74) is 3.63. The van der Waals surface area contributed by atoms with Crippen molar-refractivity contribution in [2.45, 2.75) is 0 Å². The van der Waals surface area contributed by atoms with Crippen molar-refractivity contribution >= 4 is 39.9 Å². The van der Waals surface area contributed by atoms with Gasteiger partial charge in [0.2, 0.25) is 0 Å². The van der Waals surface area contributed by atoms with E-state index in [1.165, 1.54) is 0 Å². The minimum Gasteiger partial charge on any atom is -0.497 e.